The zero-order valence-electron chi connectivity index (χ0n) is 13.2. The van der Waals surface area contributed by atoms with Gasteiger partial charge in [-0.1, -0.05) is 26.8 Å². The van der Waals surface area contributed by atoms with E-state index in [1.807, 2.05) is 18.2 Å². The van der Waals surface area contributed by atoms with Crippen LogP contribution in [0, 0.1) is 5.41 Å². The molecule has 0 heterocycles. The van der Waals surface area contributed by atoms with Crippen molar-refractivity contribution < 1.29 is 14.6 Å². The highest BCUT2D eigenvalue weighted by Crippen LogP contribution is 2.28. The van der Waals surface area contributed by atoms with Gasteiger partial charge in [-0.05, 0) is 30.0 Å². The first-order chi connectivity index (χ1) is 9.38. The number of hydrogen-bond acceptors (Lipinski definition) is 4. The zero-order chi connectivity index (χ0) is 15.2. The number of rotatable bonds is 7. The van der Waals surface area contributed by atoms with Gasteiger partial charge in [0.2, 0.25) is 0 Å². The highest BCUT2D eigenvalue weighted by Gasteiger charge is 2.19. The third-order valence-corrected chi connectivity index (χ3v) is 3.49. The first-order valence-electron chi connectivity index (χ1n) is 7.02. The van der Waals surface area contributed by atoms with E-state index in [2.05, 4.69) is 33.0 Å². The Morgan fingerprint density at radius 1 is 1.25 bits per heavy atom. The molecule has 0 aliphatic carbocycles. The Morgan fingerprint density at radius 2 is 1.95 bits per heavy atom. The molecule has 0 fully saturated rings. The second-order valence-electron chi connectivity index (χ2n) is 6.03. The maximum absolute atomic E-state index is 8.79. The average molecular weight is 281 g/mol. The van der Waals surface area contributed by atoms with Crippen LogP contribution < -0.4 is 14.8 Å². The van der Waals surface area contributed by atoms with E-state index in [0.29, 0.717) is 17.5 Å². The van der Waals surface area contributed by atoms with E-state index in [4.69, 9.17) is 14.6 Å². The van der Waals surface area contributed by atoms with Gasteiger partial charge in [-0.3, -0.25) is 0 Å². The molecular formula is C16H27NO3. The van der Waals surface area contributed by atoms with E-state index < -0.39 is 0 Å². The summed E-state index contributed by atoms with van der Waals surface area (Å²) in [5.74, 6) is 1.36. The van der Waals surface area contributed by atoms with E-state index in [-0.39, 0.29) is 18.6 Å². The van der Waals surface area contributed by atoms with Gasteiger partial charge in [0.15, 0.2) is 11.5 Å². The number of aliphatic hydroxyl groups is 1. The number of ether oxygens (including phenoxy) is 2. The summed E-state index contributed by atoms with van der Waals surface area (Å²) in [6.45, 7) is 9.90. The van der Waals surface area contributed by atoms with Crippen LogP contribution >= 0.6 is 0 Å². The summed E-state index contributed by atoms with van der Waals surface area (Å²) < 4.78 is 10.7. The number of methoxy groups -OCH3 is 1. The molecule has 114 valence electrons. The lowest BCUT2D eigenvalue weighted by molar-refractivity contribution is 0.196. The fourth-order valence-corrected chi connectivity index (χ4v) is 1.67. The minimum Gasteiger partial charge on any atom is -0.493 e. The van der Waals surface area contributed by atoms with Gasteiger partial charge < -0.3 is 19.9 Å². The maximum Gasteiger partial charge on any atom is 0.161 e. The molecule has 1 rings (SSSR count). The van der Waals surface area contributed by atoms with Crippen LogP contribution in [0.15, 0.2) is 18.2 Å². The van der Waals surface area contributed by atoms with Gasteiger partial charge in [-0.15, -0.1) is 0 Å². The normalized spacial score (nSPS) is 13.1. The highest BCUT2D eigenvalue weighted by molar-refractivity contribution is 5.42. The van der Waals surface area contributed by atoms with E-state index in [1.165, 1.54) is 0 Å². The number of benzene rings is 1. The molecule has 0 radical (unpaired) electrons. The van der Waals surface area contributed by atoms with Crippen LogP contribution in [0.4, 0.5) is 0 Å². The van der Waals surface area contributed by atoms with Gasteiger partial charge >= 0.3 is 0 Å². The van der Waals surface area contributed by atoms with Crippen molar-refractivity contribution in [3.05, 3.63) is 23.8 Å². The fraction of sp³-hybridized carbons (Fsp3) is 0.625. The monoisotopic (exact) mass is 281 g/mol. The van der Waals surface area contributed by atoms with Crippen LogP contribution in [-0.4, -0.2) is 31.5 Å². The van der Waals surface area contributed by atoms with Crippen LogP contribution in [0.3, 0.4) is 0 Å². The largest absolute Gasteiger partial charge is 0.493 e. The van der Waals surface area contributed by atoms with Crippen molar-refractivity contribution in [3.63, 3.8) is 0 Å². The van der Waals surface area contributed by atoms with Gasteiger partial charge in [-0.2, -0.15) is 0 Å². The molecule has 4 heteroatoms. The topological polar surface area (TPSA) is 50.7 Å². The summed E-state index contributed by atoms with van der Waals surface area (Å²) in [7, 11) is 1.62. The lowest BCUT2D eigenvalue weighted by Gasteiger charge is -2.28. The van der Waals surface area contributed by atoms with Gasteiger partial charge in [0.25, 0.3) is 0 Å². The van der Waals surface area contributed by atoms with Crippen molar-refractivity contribution in [2.24, 2.45) is 5.41 Å². The van der Waals surface area contributed by atoms with E-state index in [1.54, 1.807) is 7.11 Å². The molecule has 2 N–H and O–H groups in total. The predicted molar refractivity (Wildman–Crippen MR) is 81.3 cm³/mol. The highest BCUT2D eigenvalue weighted by atomic mass is 16.5. The van der Waals surface area contributed by atoms with Crippen molar-refractivity contribution >= 4 is 0 Å². The van der Waals surface area contributed by atoms with Gasteiger partial charge in [-0.25, -0.2) is 0 Å². The maximum atomic E-state index is 8.79. The van der Waals surface area contributed by atoms with E-state index in [9.17, 15) is 0 Å². The van der Waals surface area contributed by atoms with Crippen LogP contribution in [0.25, 0.3) is 0 Å². The quantitative estimate of drug-likeness (QED) is 0.806. The molecule has 0 saturated heterocycles. The van der Waals surface area contributed by atoms with E-state index >= 15 is 0 Å². The van der Waals surface area contributed by atoms with Crippen molar-refractivity contribution in [2.75, 3.05) is 20.3 Å². The number of aliphatic hydroxyl groups excluding tert-OH is 1. The Balaban J connectivity index is 2.68. The average Bonchev–Trinajstić information content (AvgIpc) is 2.41. The Kier molecular flexibility index (Phi) is 6.30. The van der Waals surface area contributed by atoms with Crippen LogP contribution in [0.1, 0.15) is 33.3 Å². The minimum absolute atomic E-state index is 0.00441. The van der Waals surface area contributed by atoms with Crippen molar-refractivity contribution in [2.45, 2.75) is 40.3 Å². The summed E-state index contributed by atoms with van der Waals surface area (Å²) in [4.78, 5) is 0. The van der Waals surface area contributed by atoms with Gasteiger partial charge in [0.05, 0.1) is 13.7 Å². The fourth-order valence-electron chi connectivity index (χ4n) is 1.67. The Labute approximate surface area is 122 Å². The van der Waals surface area contributed by atoms with Crippen LogP contribution in [-0.2, 0) is 6.54 Å². The lowest BCUT2D eigenvalue weighted by atomic mass is 9.88. The van der Waals surface area contributed by atoms with Crippen molar-refractivity contribution in [1.82, 2.24) is 5.32 Å². The van der Waals surface area contributed by atoms with E-state index in [0.717, 1.165) is 12.1 Å². The molecule has 0 spiro atoms. The lowest BCUT2D eigenvalue weighted by Crippen LogP contribution is -2.37. The molecule has 1 aromatic carbocycles. The second kappa shape index (κ2) is 7.50. The zero-order valence-corrected chi connectivity index (χ0v) is 13.2. The first-order valence-corrected chi connectivity index (χ1v) is 7.02. The number of hydrogen-bond donors (Lipinski definition) is 2. The Bertz CT molecular complexity index is 413. The molecule has 0 amide bonds. The van der Waals surface area contributed by atoms with Crippen LogP contribution in [0.5, 0.6) is 11.5 Å². The first kappa shape index (κ1) is 16.8. The molecule has 1 atom stereocenters. The number of nitrogens with one attached hydrogen (secondary N) is 1. The third-order valence-electron chi connectivity index (χ3n) is 3.49. The molecule has 1 aromatic rings. The smallest absolute Gasteiger partial charge is 0.161 e. The Hall–Kier alpha value is -1.26. The predicted octanol–water partition coefficient (Wildman–Crippen LogP) is 2.59. The van der Waals surface area contributed by atoms with Gasteiger partial charge in [0, 0.05) is 12.6 Å². The Morgan fingerprint density at radius 3 is 2.50 bits per heavy atom. The summed E-state index contributed by atoms with van der Waals surface area (Å²) >= 11 is 0. The standard InChI is InChI=1S/C16H27NO3/c1-12(16(2,3)4)17-11-13-6-7-14(20-9-8-18)15(10-13)19-5/h6-7,10,12,17-18H,8-9,11H2,1-5H3. The van der Waals surface area contributed by atoms with Crippen LogP contribution in [0.2, 0.25) is 0 Å². The molecule has 0 bridgehead atoms. The summed E-state index contributed by atoms with van der Waals surface area (Å²) in [5, 5.41) is 12.3. The molecule has 20 heavy (non-hydrogen) atoms. The summed E-state index contributed by atoms with van der Waals surface area (Å²) in [6, 6.07) is 6.28. The molecule has 1 unspecified atom stereocenters. The second-order valence-corrected chi connectivity index (χ2v) is 6.03. The van der Waals surface area contributed by atoms with Crippen molar-refractivity contribution in [1.29, 1.82) is 0 Å². The minimum atomic E-state index is -0.00441. The molecule has 0 aromatic heterocycles. The molecule has 4 nitrogen and oxygen atoms in total. The SMILES string of the molecule is COc1cc(CNC(C)C(C)(C)C)ccc1OCCO. The molecule has 0 aliphatic rings. The summed E-state index contributed by atoms with van der Waals surface area (Å²) in [6.07, 6.45) is 0. The molecular weight excluding hydrogens is 254 g/mol. The van der Waals surface area contributed by atoms with Crippen molar-refractivity contribution in [3.8, 4) is 11.5 Å². The third kappa shape index (κ3) is 5.02. The molecule has 0 aliphatic heterocycles. The molecule has 0 saturated carbocycles. The summed E-state index contributed by atoms with van der Waals surface area (Å²) in [5.41, 5.74) is 1.38. The van der Waals surface area contributed by atoms with Gasteiger partial charge in [0.1, 0.15) is 6.61 Å².